The first kappa shape index (κ1) is 9.89. The maximum Gasteiger partial charge on any atom is 0.146 e. The van der Waals surface area contributed by atoms with Gasteiger partial charge < -0.3 is 5.11 Å². The van der Waals surface area contributed by atoms with Crippen LogP contribution in [0, 0.1) is 0 Å². The van der Waals surface area contributed by atoms with Gasteiger partial charge in [0, 0.05) is 6.42 Å². The molecular formula is C10H10O2S. The van der Waals surface area contributed by atoms with Crippen LogP contribution in [0.15, 0.2) is 36.4 Å². The van der Waals surface area contributed by atoms with E-state index in [0.717, 1.165) is 5.56 Å². The molecule has 1 rings (SSSR count). The summed E-state index contributed by atoms with van der Waals surface area (Å²) < 4.78 is 10.1. The molecule has 0 heterocycles. The van der Waals surface area contributed by atoms with Gasteiger partial charge in [-0.1, -0.05) is 42.5 Å². The molecule has 0 aromatic heterocycles. The molecule has 0 unspecified atom stereocenters. The summed E-state index contributed by atoms with van der Waals surface area (Å²) in [6.07, 6.45) is 3.94. The molecule has 0 aliphatic carbocycles. The monoisotopic (exact) mass is 194 g/mol. The molecule has 2 nitrogen and oxygen atoms in total. The maximum absolute atomic E-state index is 10.1. The standard InChI is InChI=1S/C10H10O2S/c11-10(13-12)8-4-7-9-5-2-1-3-6-9/h1-7,11H,8H2. The fourth-order valence-corrected chi connectivity index (χ4v) is 1.06. The van der Waals surface area contributed by atoms with E-state index in [2.05, 4.69) is 0 Å². The van der Waals surface area contributed by atoms with Gasteiger partial charge in [-0.3, -0.25) is 0 Å². The molecular weight excluding hydrogens is 184 g/mol. The normalized spacial score (nSPS) is 10.2. The van der Waals surface area contributed by atoms with E-state index in [9.17, 15) is 4.21 Å². The molecule has 0 bridgehead atoms. The van der Waals surface area contributed by atoms with Crippen LogP contribution in [0.1, 0.15) is 12.0 Å². The van der Waals surface area contributed by atoms with Crippen LogP contribution in [-0.4, -0.2) is 14.4 Å². The summed E-state index contributed by atoms with van der Waals surface area (Å²) in [4.78, 5) is 0. The first-order chi connectivity index (χ1) is 6.33. The molecule has 1 aromatic carbocycles. The molecule has 0 aliphatic rings. The molecule has 0 radical (unpaired) electrons. The van der Waals surface area contributed by atoms with Crippen molar-refractivity contribution in [2.75, 3.05) is 0 Å². The van der Waals surface area contributed by atoms with E-state index < -0.39 is 0 Å². The van der Waals surface area contributed by atoms with E-state index in [-0.39, 0.29) is 16.3 Å². The van der Waals surface area contributed by atoms with Gasteiger partial charge in [0.05, 0.1) is 0 Å². The highest BCUT2D eigenvalue weighted by molar-refractivity contribution is 7.66. The summed E-state index contributed by atoms with van der Waals surface area (Å²) in [5, 5.41) is 8.75. The van der Waals surface area contributed by atoms with Crippen molar-refractivity contribution in [1.29, 1.82) is 0 Å². The molecule has 0 amide bonds. The number of hydrogen-bond donors (Lipinski definition) is 1. The second-order valence-corrected chi connectivity index (χ2v) is 3.13. The summed E-state index contributed by atoms with van der Waals surface area (Å²) >= 11 is 0.131. The zero-order valence-corrected chi connectivity index (χ0v) is 7.83. The Morgan fingerprint density at radius 2 is 2.08 bits per heavy atom. The summed E-state index contributed by atoms with van der Waals surface area (Å²) in [5.74, 6) is 0. The second-order valence-electron chi connectivity index (χ2n) is 2.49. The summed E-state index contributed by atoms with van der Waals surface area (Å²) in [5.41, 5.74) is 1.06. The van der Waals surface area contributed by atoms with E-state index in [4.69, 9.17) is 5.11 Å². The van der Waals surface area contributed by atoms with E-state index in [1.54, 1.807) is 6.08 Å². The van der Waals surface area contributed by atoms with Crippen molar-refractivity contribution in [2.24, 2.45) is 0 Å². The van der Waals surface area contributed by atoms with Crippen LogP contribution in [0.5, 0.6) is 0 Å². The van der Waals surface area contributed by atoms with Gasteiger partial charge in [0.2, 0.25) is 0 Å². The largest absolute Gasteiger partial charge is 0.352 e. The Labute approximate surface area is 80.6 Å². The third-order valence-electron chi connectivity index (χ3n) is 1.50. The fourth-order valence-electron chi connectivity index (χ4n) is 0.894. The molecule has 0 saturated heterocycles. The lowest BCUT2D eigenvalue weighted by molar-refractivity contribution is 0.555. The molecule has 13 heavy (non-hydrogen) atoms. The van der Waals surface area contributed by atoms with Crippen LogP contribution in [0.25, 0.3) is 6.08 Å². The Balaban J connectivity index is 2.55. The van der Waals surface area contributed by atoms with Gasteiger partial charge >= 0.3 is 0 Å². The number of benzene rings is 1. The smallest absolute Gasteiger partial charge is 0.146 e. The first-order valence-corrected chi connectivity index (χ1v) is 4.63. The zero-order valence-electron chi connectivity index (χ0n) is 7.01. The summed E-state index contributed by atoms with van der Waals surface area (Å²) in [6.45, 7) is 0. The van der Waals surface area contributed by atoms with Gasteiger partial charge in [-0.05, 0) is 5.56 Å². The van der Waals surface area contributed by atoms with E-state index >= 15 is 0 Å². The molecule has 0 aliphatic heterocycles. The average Bonchev–Trinajstić information content (AvgIpc) is 2.19. The lowest BCUT2D eigenvalue weighted by Crippen LogP contribution is -1.90. The predicted molar refractivity (Wildman–Crippen MR) is 55.9 cm³/mol. The maximum atomic E-state index is 10.1. The third-order valence-corrected chi connectivity index (χ3v) is 1.86. The van der Waals surface area contributed by atoms with Crippen molar-refractivity contribution in [1.82, 2.24) is 0 Å². The molecule has 0 fully saturated rings. The highest BCUT2D eigenvalue weighted by Gasteiger charge is 1.87. The quantitative estimate of drug-likeness (QED) is 0.747. The van der Waals surface area contributed by atoms with Gasteiger partial charge in [-0.15, -0.1) is 0 Å². The molecule has 0 spiro atoms. The Morgan fingerprint density at radius 3 is 2.69 bits per heavy atom. The lowest BCUT2D eigenvalue weighted by Gasteiger charge is -1.90. The van der Waals surface area contributed by atoms with Crippen molar-refractivity contribution >= 4 is 22.4 Å². The first-order valence-electron chi connectivity index (χ1n) is 3.89. The van der Waals surface area contributed by atoms with Crippen LogP contribution < -0.4 is 0 Å². The van der Waals surface area contributed by atoms with Crippen molar-refractivity contribution in [3.05, 3.63) is 42.0 Å². The van der Waals surface area contributed by atoms with Crippen LogP contribution >= 0.6 is 0 Å². The van der Waals surface area contributed by atoms with Gasteiger partial charge in [-0.25, -0.2) is 4.21 Å². The van der Waals surface area contributed by atoms with Crippen LogP contribution in [0.3, 0.4) is 0 Å². The highest BCUT2D eigenvalue weighted by Crippen LogP contribution is 2.01. The molecule has 1 N–H and O–H groups in total. The minimum atomic E-state index is -0.104. The van der Waals surface area contributed by atoms with Crippen LogP contribution in [0.2, 0.25) is 0 Å². The van der Waals surface area contributed by atoms with Gasteiger partial charge in [0.15, 0.2) is 0 Å². The molecule has 68 valence electrons. The molecule has 1 aromatic rings. The minimum absolute atomic E-state index is 0.104. The molecule has 0 atom stereocenters. The number of aliphatic hydroxyl groups is 1. The minimum Gasteiger partial charge on any atom is -0.352 e. The van der Waals surface area contributed by atoms with Crippen molar-refractivity contribution < 1.29 is 9.32 Å². The number of hydrogen-bond acceptors (Lipinski definition) is 1. The predicted octanol–water partition coefficient (Wildman–Crippen LogP) is 1.99. The highest BCUT2D eigenvalue weighted by atomic mass is 32.1. The Morgan fingerprint density at radius 1 is 1.38 bits per heavy atom. The SMILES string of the molecule is O=S=C(O)CC=Cc1ccccc1. The van der Waals surface area contributed by atoms with Crippen LogP contribution in [0.4, 0.5) is 0 Å². The Bertz CT molecular complexity index is 337. The third kappa shape index (κ3) is 3.83. The van der Waals surface area contributed by atoms with Crippen molar-refractivity contribution in [2.45, 2.75) is 6.42 Å². The zero-order chi connectivity index (χ0) is 9.52. The van der Waals surface area contributed by atoms with E-state index in [0.29, 0.717) is 6.42 Å². The van der Waals surface area contributed by atoms with Gasteiger partial charge in [-0.2, -0.15) is 0 Å². The van der Waals surface area contributed by atoms with Crippen molar-refractivity contribution in [3.63, 3.8) is 0 Å². The van der Waals surface area contributed by atoms with Crippen LogP contribution in [-0.2, 0) is 11.3 Å². The topological polar surface area (TPSA) is 37.3 Å². The fraction of sp³-hybridized carbons (Fsp3) is 0.100. The van der Waals surface area contributed by atoms with Gasteiger partial charge in [0.1, 0.15) is 16.3 Å². The average molecular weight is 194 g/mol. The van der Waals surface area contributed by atoms with Gasteiger partial charge in [0.25, 0.3) is 0 Å². The van der Waals surface area contributed by atoms with Crippen molar-refractivity contribution in [3.8, 4) is 0 Å². The number of aliphatic hydroxyl groups excluding tert-OH is 1. The Hall–Kier alpha value is -1.19. The lowest BCUT2D eigenvalue weighted by atomic mass is 10.2. The summed E-state index contributed by atoms with van der Waals surface area (Å²) in [6, 6.07) is 9.72. The molecule has 3 heteroatoms. The van der Waals surface area contributed by atoms with E-state index in [1.165, 1.54) is 0 Å². The molecule has 0 saturated carbocycles. The van der Waals surface area contributed by atoms with E-state index in [1.807, 2.05) is 36.4 Å². The number of rotatable bonds is 3. The second kappa shape index (κ2) is 5.45. The summed E-state index contributed by atoms with van der Waals surface area (Å²) in [7, 11) is 0. The Kier molecular flexibility index (Phi) is 4.15.